The Bertz CT molecular complexity index is 504. The van der Waals surface area contributed by atoms with E-state index in [9.17, 15) is 13.2 Å². The summed E-state index contributed by atoms with van der Waals surface area (Å²) >= 11 is 0.919. The van der Waals surface area contributed by atoms with E-state index in [-0.39, 0.29) is 15.8 Å². The fraction of sp³-hybridized carbons (Fsp3) is 0.500. The Morgan fingerprint density at radius 1 is 1.53 bits per heavy atom. The lowest BCUT2D eigenvalue weighted by Crippen LogP contribution is -2.36. The van der Waals surface area contributed by atoms with Crippen molar-refractivity contribution in [1.29, 1.82) is 0 Å². The molecule has 1 aromatic heterocycles. The molecule has 0 bridgehead atoms. The van der Waals surface area contributed by atoms with Gasteiger partial charge in [0, 0.05) is 18.0 Å². The number of aromatic carboxylic acids is 1. The number of rotatable bonds is 5. The molecule has 0 amide bonds. The molecule has 17 heavy (non-hydrogen) atoms. The van der Waals surface area contributed by atoms with Crippen LogP contribution in [-0.4, -0.2) is 36.4 Å². The molecule has 0 aliphatic carbocycles. The molecule has 96 valence electrons. The number of nitrogens with zero attached hydrogens (tertiary/aromatic N) is 1. The molecule has 1 aromatic rings. The van der Waals surface area contributed by atoms with E-state index in [0.29, 0.717) is 6.54 Å². The molecule has 0 atom stereocenters. The molecular weight excluding hydrogens is 262 g/mol. The molecule has 0 aromatic carbocycles. The number of sulfonamides is 1. The zero-order valence-electron chi connectivity index (χ0n) is 9.87. The van der Waals surface area contributed by atoms with E-state index in [1.165, 1.54) is 15.8 Å². The van der Waals surface area contributed by atoms with Crippen LogP contribution in [0.15, 0.2) is 16.3 Å². The Labute approximate surface area is 105 Å². The van der Waals surface area contributed by atoms with Crippen LogP contribution in [0.2, 0.25) is 0 Å². The highest BCUT2D eigenvalue weighted by Crippen LogP contribution is 2.23. The monoisotopic (exact) mass is 277 g/mol. The summed E-state index contributed by atoms with van der Waals surface area (Å²) in [5, 5.41) is 10.1. The van der Waals surface area contributed by atoms with Gasteiger partial charge in [-0.2, -0.15) is 4.31 Å². The summed E-state index contributed by atoms with van der Waals surface area (Å²) in [5.74, 6) is -1.11. The maximum absolute atomic E-state index is 12.2. The summed E-state index contributed by atoms with van der Waals surface area (Å²) in [6.07, 6.45) is 0. The highest BCUT2D eigenvalue weighted by molar-refractivity contribution is 7.89. The van der Waals surface area contributed by atoms with E-state index in [0.717, 1.165) is 11.3 Å². The Hall–Kier alpha value is -0.920. The molecule has 0 fully saturated rings. The number of thiophene rings is 1. The van der Waals surface area contributed by atoms with Crippen LogP contribution < -0.4 is 0 Å². The minimum absolute atomic E-state index is 0.0309. The molecule has 0 aliphatic heterocycles. The van der Waals surface area contributed by atoms with Gasteiger partial charge in [-0.25, -0.2) is 13.2 Å². The second-order valence-corrected chi connectivity index (χ2v) is 6.56. The maximum Gasteiger partial charge on any atom is 0.345 e. The van der Waals surface area contributed by atoms with Crippen molar-refractivity contribution in [3.05, 3.63) is 16.3 Å². The van der Waals surface area contributed by atoms with Gasteiger partial charge < -0.3 is 5.11 Å². The predicted molar refractivity (Wildman–Crippen MR) is 66.0 cm³/mol. The van der Waals surface area contributed by atoms with E-state index >= 15 is 0 Å². The Balaban J connectivity index is 3.16. The van der Waals surface area contributed by atoms with Gasteiger partial charge >= 0.3 is 5.97 Å². The van der Waals surface area contributed by atoms with Gasteiger partial charge in [0.2, 0.25) is 10.0 Å². The van der Waals surface area contributed by atoms with E-state index in [2.05, 4.69) is 0 Å². The quantitative estimate of drug-likeness (QED) is 0.891. The highest BCUT2D eigenvalue weighted by Gasteiger charge is 2.27. The minimum atomic E-state index is -3.58. The maximum atomic E-state index is 12.2. The van der Waals surface area contributed by atoms with Crippen molar-refractivity contribution in [3.8, 4) is 0 Å². The van der Waals surface area contributed by atoms with Crippen LogP contribution in [0, 0.1) is 0 Å². The summed E-state index contributed by atoms with van der Waals surface area (Å²) in [6.45, 7) is 5.68. The zero-order chi connectivity index (χ0) is 13.2. The zero-order valence-corrected chi connectivity index (χ0v) is 11.5. The van der Waals surface area contributed by atoms with Crippen molar-refractivity contribution in [2.45, 2.75) is 31.7 Å². The normalized spacial score (nSPS) is 12.3. The average Bonchev–Trinajstić information content (AvgIpc) is 2.66. The van der Waals surface area contributed by atoms with Gasteiger partial charge in [0.15, 0.2) is 0 Å². The molecule has 1 heterocycles. The van der Waals surface area contributed by atoms with Gasteiger partial charge in [-0.05, 0) is 19.9 Å². The summed E-state index contributed by atoms with van der Waals surface area (Å²) in [6, 6.07) is 1.05. The van der Waals surface area contributed by atoms with Crippen molar-refractivity contribution in [3.63, 3.8) is 0 Å². The first kappa shape index (κ1) is 14.1. The second-order valence-electron chi connectivity index (χ2n) is 3.75. The first-order valence-electron chi connectivity index (χ1n) is 5.14. The summed E-state index contributed by atoms with van der Waals surface area (Å²) < 4.78 is 25.7. The third-order valence-electron chi connectivity index (χ3n) is 2.28. The van der Waals surface area contributed by atoms with Gasteiger partial charge in [-0.15, -0.1) is 11.3 Å². The first-order chi connectivity index (χ1) is 7.80. The predicted octanol–water partition coefficient (Wildman–Crippen LogP) is 1.87. The molecule has 1 N–H and O–H groups in total. The van der Waals surface area contributed by atoms with Gasteiger partial charge in [-0.1, -0.05) is 6.92 Å². The SMILES string of the molecule is CCN(C(C)C)S(=O)(=O)c1csc(C(=O)O)c1. The number of carboxylic acids is 1. The molecule has 1 rings (SSSR count). The Kier molecular flexibility index (Phi) is 4.29. The second kappa shape index (κ2) is 5.16. The molecule has 0 aliphatic rings. The van der Waals surface area contributed by atoms with Crippen LogP contribution in [0.1, 0.15) is 30.4 Å². The molecule has 0 radical (unpaired) electrons. The fourth-order valence-corrected chi connectivity index (χ4v) is 4.26. The molecule has 0 saturated heterocycles. The van der Waals surface area contributed by atoms with Gasteiger partial charge in [0.1, 0.15) is 4.88 Å². The molecule has 0 spiro atoms. The number of carbonyl (C=O) groups is 1. The molecule has 0 unspecified atom stereocenters. The summed E-state index contributed by atoms with van der Waals surface area (Å²) in [5.41, 5.74) is 0. The van der Waals surface area contributed by atoms with Crippen molar-refractivity contribution in [1.82, 2.24) is 4.31 Å². The van der Waals surface area contributed by atoms with Crippen LogP contribution in [0.3, 0.4) is 0 Å². The van der Waals surface area contributed by atoms with Gasteiger partial charge in [-0.3, -0.25) is 0 Å². The lowest BCUT2D eigenvalue weighted by molar-refractivity contribution is 0.0702. The number of carboxylic acid groups (broad SMARTS) is 1. The average molecular weight is 277 g/mol. The van der Waals surface area contributed by atoms with Crippen molar-refractivity contribution >= 4 is 27.3 Å². The van der Waals surface area contributed by atoms with Crippen LogP contribution in [0.25, 0.3) is 0 Å². The van der Waals surface area contributed by atoms with Crippen LogP contribution in [0.4, 0.5) is 0 Å². The fourth-order valence-electron chi connectivity index (χ4n) is 1.51. The topological polar surface area (TPSA) is 74.7 Å². The molecular formula is C10H15NO4S2. The standard InChI is InChI=1S/C10H15NO4S2/c1-4-11(7(2)3)17(14,15)8-5-9(10(12)13)16-6-8/h5-7H,4H2,1-3H3,(H,12,13). The summed E-state index contributed by atoms with van der Waals surface area (Å²) in [7, 11) is -3.58. The van der Waals surface area contributed by atoms with E-state index in [1.54, 1.807) is 20.8 Å². The largest absolute Gasteiger partial charge is 0.477 e. The molecule has 5 nitrogen and oxygen atoms in total. The van der Waals surface area contributed by atoms with Crippen molar-refractivity contribution in [2.24, 2.45) is 0 Å². The van der Waals surface area contributed by atoms with E-state index < -0.39 is 16.0 Å². The Morgan fingerprint density at radius 3 is 2.47 bits per heavy atom. The number of hydrogen-bond acceptors (Lipinski definition) is 4. The van der Waals surface area contributed by atoms with Crippen molar-refractivity contribution < 1.29 is 18.3 Å². The van der Waals surface area contributed by atoms with Crippen molar-refractivity contribution in [2.75, 3.05) is 6.54 Å². The molecule has 7 heteroatoms. The third kappa shape index (κ3) is 2.85. The van der Waals surface area contributed by atoms with Crippen LogP contribution >= 0.6 is 11.3 Å². The lowest BCUT2D eigenvalue weighted by Gasteiger charge is -2.23. The minimum Gasteiger partial charge on any atom is -0.477 e. The number of hydrogen-bond donors (Lipinski definition) is 1. The van der Waals surface area contributed by atoms with Gasteiger partial charge in [0.25, 0.3) is 0 Å². The third-order valence-corrected chi connectivity index (χ3v) is 5.48. The first-order valence-corrected chi connectivity index (χ1v) is 7.46. The summed E-state index contributed by atoms with van der Waals surface area (Å²) in [4.78, 5) is 10.8. The van der Waals surface area contributed by atoms with E-state index in [1.807, 2.05) is 0 Å². The molecule has 0 saturated carbocycles. The highest BCUT2D eigenvalue weighted by atomic mass is 32.2. The lowest BCUT2D eigenvalue weighted by atomic mass is 10.4. The Morgan fingerprint density at radius 2 is 2.12 bits per heavy atom. The van der Waals surface area contributed by atoms with E-state index in [4.69, 9.17) is 5.11 Å². The van der Waals surface area contributed by atoms with Crippen LogP contribution in [0.5, 0.6) is 0 Å². The van der Waals surface area contributed by atoms with Crippen LogP contribution in [-0.2, 0) is 10.0 Å². The van der Waals surface area contributed by atoms with Gasteiger partial charge in [0.05, 0.1) is 4.90 Å². The smallest absolute Gasteiger partial charge is 0.345 e.